The molecule has 0 unspecified atom stereocenters. The van der Waals surface area contributed by atoms with Gasteiger partial charge in [-0.05, 0) is 74.0 Å². The molecule has 5 rings (SSSR count). The van der Waals surface area contributed by atoms with Gasteiger partial charge < -0.3 is 10.2 Å². The molecular formula is C27H24ClN5O2. The fourth-order valence-electron chi connectivity index (χ4n) is 4.18. The van der Waals surface area contributed by atoms with Gasteiger partial charge in [0.15, 0.2) is 5.82 Å². The van der Waals surface area contributed by atoms with Crippen LogP contribution in [0.4, 0.5) is 11.4 Å². The molecule has 0 spiro atoms. The van der Waals surface area contributed by atoms with E-state index in [4.69, 9.17) is 11.6 Å². The lowest BCUT2D eigenvalue weighted by Gasteiger charge is -2.18. The van der Waals surface area contributed by atoms with E-state index in [-0.39, 0.29) is 23.8 Å². The number of fused-ring (bicyclic) bond motifs is 1. The summed E-state index contributed by atoms with van der Waals surface area (Å²) < 4.78 is 1.80. The molecule has 1 aliphatic heterocycles. The Bertz CT molecular complexity index is 1380. The Morgan fingerprint density at radius 2 is 1.74 bits per heavy atom. The van der Waals surface area contributed by atoms with Crippen LogP contribution in [0.5, 0.6) is 0 Å². The quantitative estimate of drug-likeness (QED) is 0.401. The molecule has 0 radical (unpaired) electrons. The van der Waals surface area contributed by atoms with Gasteiger partial charge in [-0.25, -0.2) is 4.98 Å². The summed E-state index contributed by atoms with van der Waals surface area (Å²) in [7, 11) is 0. The van der Waals surface area contributed by atoms with E-state index in [2.05, 4.69) is 15.4 Å². The van der Waals surface area contributed by atoms with Gasteiger partial charge in [-0.1, -0.05) is 29.8 Å². The van der Waals surface area contributed by atoms with Crippen molar-refractivity contribution in [3.8, 4) is 0 Å². The summed E-state index contributed by atoms with van der Waals surface area (Å²) in [5.41, 5.74) is 3.34. The van der Waals surface area contributed by atoms with Gasteiger partial charge in [0.2, 0.25) is 0 Å². The average molecular weight is 486 g/mol. The zero-order chi connectivity index (χ0) is 24.5. The fraction of sp³-hybridized carbons (Fsp3) is 0.185. The molecule has 0 aliphatic carbocycles. The normalized spacial score (nSPS) is 14.7. The van der Waals surface area contributed by atoms with Crippen molar-refractivity contribution in [1.82, 2.24) is 14.8 Å². The molecule has 3 aromatic carbocycles. The third-order valence-corrected chi connectivity index (χ3v) is 6.31. The Labute approximate surface area is 208 Å². The number of aromatic nitrogens is 3. The second-order valence-electron chi connectivity index (χ2n) is 8.75. The van der Waals surface area contributed by atoms with Crippen LogP contribution in [-0.2, 0) is 0 Å². The summed E-state index contributed by atoms with van der Waals surface area (Å²) in [5.74, 6) is 0.0258. The molecule has 8 heteroatoms. The largest absolute Gasteiger partial charge is 0.322 e. The minimum Gasteiger partial charge on any atom is -0.322 e. The highest BCUT2D eigenvalue weighted by Gasteiger charge is 2.36. The zero-order valence-electron chi connectivity index (χ0n) is 19.4. The molecule has 35 heavy (non-hydrogen) atoms. The second kappa shape index (κ2) is 9.35. The number of amides is 2. The number of hydrogen-bond donors (Lipinski definition) is 1. The number of nitrogens with zero attached hydrogens (tertiary/aromatic N) is 4. The molecule has 0 bridgehead atoms. The standard InChI is InChI=1S/C27H24ClN5O2/c1-17(2)33-16-29-25(31-33)23-15-32(27(35)18-6-4-3-5-7-18)24-13-8-19(14-22(23)24)26(34)30-21-11-9-20(28)10-12-21/h3-14,16-17,23H,15H2,1-2H3,(H,30,34)/t23-/m1/s1. The van der Waals surface area contributed by atoms with Crippen LogP contribution in [0.25, 0.3) is 0 Å². The highest BCUT2D eigenvalue weighted by Crippen LogP contribution is 2.40. The van der Waals surface area contributed by atoms with E-state index in [0.717, 1.165) is 11.3 Å². The van der Waals surface area contributed by atoms with E-state index in [1.807, 2.05) is 44.2 Å². The highest BCUT2D eigenvalue weighted by atomic mass is 35.5. The Kier molecular flexibility index (Phi) is 6.09. The van der Waals surface area contributed by atoms with Crippen molar-refractivity contribution >= 4 is 34.8 Å². The van der Waals surface area contributed by atoms with Crippen molar-refractivity contribution in [1.29, 1.82) is 0 Å². The maximum absolute atomic E-state index is 13.4. The zero-order valence-corrected chi connectivity index (χ0v) is 20.1. The Morgan fingerprint density at radius 1 is 1.00 bits per heavy atom. The molecule has 1 aliphatic rings. The lowest BCUT2D eigenvalue weighted by atomic mass is 9.98. The molecule has 176 valence electrons. The molecule has 2 heterocycles. The van der Waals surface area contributed by atoms with Crippen molar-refractivity contribution in [2.24, 2.45) is 0 Å². The topological polar surface area (TPSA) is 80.1 Å². The molecule has 0 saturated carbocycles. The first kappa shape index (κ1) is 22.8. The van der Waals surface area contributed by atoms with E-state index in [9.17, 15) is 9.59 Å². The highest BCUT2D eigenvalue weighted by molar-refractivity contribution is 6.30. The molecule has 0 saturated heterocycles. The van der Waals surface area contributed by atoms with E-state index in [1.165, 1.54) is 0 Å². The van der Waals surface area contributed by atoms with Gasteiger partial charge in [0.25, 0.3) is 11.8 Å². The summed E-state index contributed by atoms with van der Waals surface area (Å²) in [4.78, 5) is 32.7. The first-order chi connectivity index (χ1) is 16.9. The van der Waals surface area contributed by atoms with E-state index >= 15 is 0 Å². The first-order valence-corrected chi connectivity index (χ1v) is 11.8. The Balaban J connectivity index is 1.51. The van der Waals surface area contributed by atoms with Gasteiger partial charge in [0.1, 0.15) is 6.33 Å². The molecule has 0 fully saturated rings. The number of benzene rings is 3. The van der Waals surface area contributed by atoms with Crippen LogP contribution >= 0.6 is 11.6 Å². The predicted molar refractivity (Wildman–Crippen MR) is 136 cm³/mol. The third-order valence-electron chi connectivity index (χ3n) is 6.06. The summed E-state index contributed by atoms with van der Waals surface area (Å²) in [6.45, 7) is 4.46. The number of carbonyl (C=O) groups excluding carboxylic acids is 2. The van der Waals surface area contributed by atoms with Crippen molar-refractivity contribution in [3.05, 3.63) is 107 Å². The number of halogens is 1. The Morgan fingerprint density at radius 3 is 2.43 bits per heavy atom. The van der Waals surface area contributed by atoms with E-state index < -0.39 is 0 Å². The summed E-state index contributed by atoms with van der Waals surface area (Å²) in [5, 5.41) is 8.16. The molecule has 2 amide bonds. The van der Waals surface area contributed by atoms with Crippen molar-refractivity contribution < 1.29 is 9.59 Å². The van der Waals surface area contributed by atoms with Gasteiger partial charge in [-0.3, -0.25) is 14.3 Å². The number of anilines is 2. The summed E-state index contributed by atoms with van der Waals surface area (Å²) >= 11 is 5.95. The molecule has 1 aromatic heterocycles. The van der Waals surface area contributed by atoms with Crippen LogP contribution in [0.15, 0.2) is 79.1 Å². The minimum absolute atomic E-state index is 0.101. The van der Waals surface area contributed by atoms with Crippen molar-refractivity contribution in [3.63, 3.8) is 0 Å². The number of hydrogen-bond acceptors (Lipinski definition) is 4. The molecule has 4 aromatic rings. The minimum atomic E-state index is -0.249. The second-order valence-corrected chi connectivity index (χ2v) is 9.18. The van der Waals surface area contributed by atoms with E-state index in [0.29, 0.717) is 34.2 Å². The van der Waals surface area contributed by atoms with Crippen LogP contribution in [0, 0.1) is 0 Å². The molecule has 1 atom stereocenters. The summed E-state index contributed by atoms with van der Waals surface area (Å²) in [6.07, 6.45) is 1.71. The average Bonchev–Trinajstić information content (AvgIpc) is 3.50. The molecule has 7 nitrogen and oxygen atoms in total. The smallest absolute Gasteiger partial charge is 0.258 e. The van der Waals surface area contributed by atoms with Gasteiger partial charge >= 0.3 is 0 Å². The van der Waals surface area contributed by atoms with Crippen LogP contribution < -0.4 is 10.2 Å². The molecule has 1 N–H and O–H groups in total. The number of rotatable bonds is 5. The van der Waals surface area contributed by atoms with Gasteiger partial charge in [-0.2, -0.15) is 5.10 Å². The van der Waals surface area contributed by atoms with Crippen LogP contribution in [-0.4, -0.2) is 33.1 Å². The molecular weight excluding hydrogens is 462 g/mol. The van der Waals surface area contributed by atoms with Crippen molar-refractivity contribution in [2.45, 2.75) is 25.8 Å². The SMILES string of the molecule is CC(C)n1cnc([C@@H]2CN(C(=O)c3ccccc3)c3ccc(C(=O)Nc4ccc(Cl)cc4)cc32)n1. The van der Waals surface area contributed by atoms with Crippen molar-refractivity contribution in [2.75, 3.05) is 16.8 Å². The third kappa shape index (κ3) is 4.55. The number of carbonyl (C=O) groups is 2. The monoisotopic (exact) mass is 485 g/mol. The predicted octanol–water partition coefficient (Wildman–Crippen LogP) is 5.56. The van der Waals surface area contributed by atoms with Gasteiger partial charge in [0, 0.05) is 40.1 Å². The maximum atomic E-state index is 13.4. The van der Waals surface area contributed by atoms with E-state index in [1.54, 1.807) is 58.4 Å². The lowest BCUT2D eigenvalue weighted by Crippen LogP contribution is -2.30. The van der Waals surface area contributed by atoms with Crippen LogP contribution in [0.3, 0.4) is 0 Å². The van der Waals surface area contributed by atoms with Gasteiger partial charge in [0.05, 0.1) is 5.92 Å². The first-order valence-electron chi connectivity index (χ1n) is 11.4. The Hall–Kier alpha value is -3.97. The fourth-order valence-corrected chi connectivity index (χ4v) is 4.31. The van der Waals surface area contributed by atoms with Gasteiger partial charge in [-0.15, -0.1) is 0 Å². The summed E-state index contributed by atoms with van der Waals surface area (Å²) in [6, 6.07) is 21.7. The van der Waals surface area contributed by atoms with Crippen LogP contribution in [0.2, 0.25) is 5.02 Å². The number of nitrogens with one attached hydrogen (secondary N) is 1. The lowest BCUT2D eigenvalue weighted by molar-refractivity contribution is 0.0987. The van der Waals surface area contributed by atoms with Crippen LogP contribution in [0.1, 0.15) is 57.9 Å². The maximum Gasteiger partial charge on any atom is 0.258 e.